The predicted molar refractivity (Wildman–Crippen MR) is 91.2 cm³/mol. The van der Waals surface area contributed by atoms with Crippen LogP contribution in [0.4, 0.5) is 17.5 Å². The molecule has 2 rings (SSSR count). The van der Waals surface area contributed by atoms with Crippen LogP contribution in [0.2, 0.25) is 0 Å². The molecule has 1 aromatic heterocycles. The summed E-state index contributed by atoms with van der Waals surface area (Å²) in [4.78, 5) is 10.8. The molecule has 6 heteroatoms. The van der Waals surface area contributed by atoms with Gasteiger partial charge in [0.05, 0.1) is 0 Å². The summed E-state index contributed by atoms with van der Waals surface area (Å²) in [5, 5.41) is 6.50. The van der Waals surface area contributed by atoms with Gasteiger partial charge in [0.15, 0.2) is 0 Å². The summed E-state index contributed by atoms with van der Waals surface area (Å²) in [5.41, 5.74) is 2.19. The number of hydrogen-bond donors (Lipinski definition) is 2. The molecule has 0 atom stereocenters. The Bertz CT molecular complexity index is 600. The summed E-state index contributed by atoms with van der Waals surface area (Å²) in [5.74, 6) is 1.41. The van der Waals surface area contributed by atoms with Gasteiger partial charge in [-0.15, -0.1) is 0 Å². The van der Waals surface area contributed by atoms with E-state index in [1.807, 2.05) is 32.3 Å². The van der Waals surface area contributed by atoms with Gasteiger partial charge in [-0.1, -0.05) is 15.9 Å². The fraction of sp³-hybridized carbons (Fsp3) is 0.333. The average Bonchev–Trinajstić information content (AvgIpc) is 2.43. The van der Waals surface area contributed by atoms with Gasteiger partial charge in [-0.05, 0) is 50.8 Å². The van der Waals surface area contributed by atoms with Crippen molar-refractivity contribution in [1.82, 2.24) is 14.9 Å². The molecule has 5 nitrogen and oxygen atoms in total. The number of likely N-dealkylation sites (N-methyl/N-ethyl adjacent to an activating group) is 1. The largest absolute Gasteiger partial charge is 0.353 e. The Kier molecular flexibility index (Phi) is 5.52. The predicted octanol–water partition coefficient (Wildman–Crippen LogP) is 3.26. The third-order valence-corrected chi connectivity index (χ3v) is 3.82. The topological polar surface area (TPSA) is 53.1 Å². The van der Waals surface area contributed by atoms with E-state index in [0.29, 0.717) is 5.95 Å². The highest BCUT2D eigenvalue weighted by Gasteiger charge is 2.01. The van der Waals surface area contributed by atoms with Gasteiger partial charge in [0.2, 0.25) is 5.95 Å². The van der Waals surface area contributed by atoms with E-state index >= 15 is 0 Å². The Balaban J connectivity index is 2.01. The molecule has 1 heterocycles. The molecule has 112 valence electrons. The normalized spacial score (nSPS) is 10.7. The van der Waals surface area contributed by atoms with E-state index in [1.165, 1.54) is 5.56 Å². The SMILES string of the molecule is Cc1cc(Nc2ccnc(NCCN(C)C)n2)ccc1Br. The molecule has 1 aromatic carbocycles. The van der Waals surface area contributed by atoms with E-state index in [9.17, 15) is 0 Å². The molecular formula is C15H20BrN5. The number of benzene rings is 1. The Morgan fingerprint density at radius 1 is 1.24 bits per heavy atom. The minimum absolute atomic E-state index is 0.635. The summed E-state index contributed by atoms with van der Waals surface area (Å²) in [6, 6.07) is 7.97. The molecule has 0 saturated carbocycles. The van der Waals surface area contributed by atoms with Crippen molar-refractivity contribution in [2.45, 2.75) is 6.92 Å². The van der Waals surface area contributed by atoms with Crippen LogP contribution in [0.25, 0.3) is 0 Å². The van der Waals surface area contributed by atoms with E-state index < -0.39 is 0 Å². The lowest BCUT2D eigenvalue weighted by molar-refractivity contribution is 0.425. The zero-order chi connectivity index (χ0) is 15.2. The lowest BCUT2D eigenvalue weighted by Crippen LogP contribution is -2.21. The molecule has 0 aliphatic carbocycles. The number of rotatable bonds is 6. The van der Waals surface area contributed by atoms with Crippen LogP contribution < -0.4 is 10.6 Å². The first-order chi connectivity index (χ1) is 10.0. The van der Waals surface area contributed by atoms with Gasteiger partial charge < -0.3 is 15.5 Å². The number of hydrogen-bond acceptors (Lipinski definition) is 5. The van der Waals surface area contributed by atoms with E-state index in [-0.39, 0.29) is 0 Å². The molecule has 0 spiro atoms. The smallest absolute Gasteiger partial charge is 0.224 e. The average molecular weight is 350 g/mol. The molecule has 0 fully saturated rings. The third kappa shape index (κ3) is 4.99. The van der Waals surface area contributed by atoms with Crippen molar-refractivity contribution in [1.29, 1.82) is 0 Å². The van der Waals surface area contributed by atoms with Crippen LogP contribution in [0.3, 0.4) is 0 Å². The van der Waals surface area contributed by atoms with Crippen LogP contribution in [0.5, 0.6) is 0 Å². The highest BCUT2D eigenvalue weighted by molar-refractivity contribution is 9.10. The van der Waals surface area contributed by atoms with Crippen LogP contribution >= 0.6 is 15.9 Å². The van der Waals surface area contributed by atoms with Crippen LogP contribution in [0.1, 0.15) is 5.56 Å². The fourth-order valence-corrected chi connectivity index (χ4v) is 2.02. The molecule has 0 aliphatic rings. The lowest BCUT2D eigenvalue weighted by atomic mass is 10.2. The molecule has 21 heavy (non-hydrogen) atoms. The quantitative estimate of drug-likeness (QED) is 0.838. The van der Waals surface area contributed by atoms with Crippen molar-refractivity contribution >= 4 is 33.4 Å². The molecule has 0 unspecified atom stereocenters. The first-order valence-electron chi connectivity index (χ1n) is 6.79. The van der Waals surface area contributed by atoms with Gasteiger partial charge in [0.1, 0.15) is 5.82 Å². The summed E-state index contributed by atoms with van der Waals surface area (Å²) in [6.45, 7) is 3.81. The Morgan fingerprint density at radius 2 is 2.05 bits per heavy atom. The number of nitrogens with one attached hydrogen (secondary N) is 2. The number of halogens is 1. The van der Waals surface area contributed by atoms with Gasteiger partial charge in [-0.3, -0.25) is 0 Å². The molecule has 0 saturated heterocycles. The van der Waals surface area contributed by atoms with Crippen molar-refractivity contribution in [2.24, 2.45) is 0 Å². The van der Waals surface area contributed by atoms with Crippen LogP contribution in [-0.4, -0.2) is 42.1 Å². The molecule has 0 amide bonds. The molecule has 2 aromatic rings. The number of aryl methyl sites for hydroxylation is 1. The third-order valence-electron chi connectivity index (χ3n) is 2.93. The van der Waals surface area contributed by atoms with Crippen LogP contribution in [-0.2, 0) is 0 Å². The van der Waals surface area contributed by atoms with E-state index in [4.69, 9.17) is 0 Å². The second kappa shape index (κ2) is 7.38. The second-order valence-corrected chi connectivity index (χ2v) is 5.94. The first-order valence-corrected chi connectivity index (χ1v) is 7.59. The summed E-state index contributed by atoms with van der Waals surface area (Å²) < 4.78 is 1.10. The molecule has 2 N–H and O–H groups in total. The van der Waals surface area contributed by atoms with Crippen LogP contribution in [0.15, 0.2) is 34.9 Å². The summed E-state index contributed by atoms with van der Waals surface area (Å²) in [7, 11) is 4.08. The number of nitrogens with zero attached hydrogens (tertiary/aromatic N) is 3. The number of anilines is 3. The van der Waals surface area contributed by atoms with Gasteiger partial charge >= 0.3 is 0 Å². The first kappa shape index (κ1) is 15.7. The monoisotopic (exact) mass is 349 g/mol. The van der Waals surface area contributed by atoms with Gasteiger partial charge in [-0.2, -0.15) is 4.98 Å². The fourth-order valence-electron chi connectivity index (χ4n) is 1.78. The lowest BCUT2D eigenvalue weighted by Gasteiger charge is -2.11. The van der Waals surface area contributed by atoms with Crippen molar-refractivity contribution in [3.63, 3.8) is 0 Å². The number of aromatic nitrogens is 2. The highest BCUT2D eigenvalue weighted by atomic mass is 79.9. The maximum Gasteiger partial charge on any atom is 0.224 e. The van der Waals surface area contributed by atoms with E-state index in [0.717, 1.165) is 29.1 Å². The highest BCUT2D eigenvalue weighted by Crippen LogP contribution is 2.22. The second-order valence-electron chi connectivity index (χ2n) is 5.08. The molecule has 0 bridgehead atoms. The van der Waals surface area contributed by atoms with Crippen molar-refractivity contribution < 1.29 is 0 Å². The van der Waals surface area contributed by atoms with Crippen molar-refractivity contribution in [3.8, 4) is 0 Å². The van der Waals surface area contributed by atoms with Crippen molar-refractivity contribution in [3.05, 3.63) is 40.5 Å². The maximum absolute atomic E-state index is 4.45. The molecule has 0 radical (unpaired) electrons. The van der Waals surface area contributed by atoms with Gasteiger partial charge in [-0.25, -0.2) is 4.98 Å². The Hall–Kier alpha value is -1.66. The Labute approximate surface area is 133 Å². The zero-order valence-electron chi connectivity index (χ0n) is 12.5. The minimum Gasteiger partial charge on any atom is -0.353 e. The Morgan fingerprint density at radius 3 is 2.76 bits per heavy atom. The van der Waals surface area contributed by atoms with Gasteiger partial charge in [0, 0.05) is 29.4 Å². The summed E-state index contributed by atoms with van der Waals surface area (Å²) >= 11 is 3.50. The summed E-state index contributed by atoms with van der Waals surface area (Å²) in [6.07, 6.45) is 1.75. The van der Waals surface area contributed by atoms with Crippen molar-refractivity contribution in [2.75, 3.05) is 37.8 Å². The van der Waals surface area contributed by atoms with E-state index in [1.54, 1.807) is 6.20 Å². The minimum atomic E-state index is 0.635. The van der Waals surface area contributed by atoms with Gasteiger partial charge in [0.25, 0.3) is 0 Å². The standard InChI is InChI=1S/C15H20BrN5/c1-11-10-12(4-5-13(11)16)19-14-6-7-17-15(20-14)18-8-9-21(2)3/h4-7,10H,8-9H2,1-3H3,(H2,17,18,19,20). The molecule has 0 aliphatic heterocycles. The zero-order valence-corrected chi connectivity index (χ0v) is 14.1. The van der Waals surface area contributed by atoms with E-state index in [2.05, 4.69) is 54.4 Å². The van der Waals surface area contributed by atoms with Crippen LogP contribution in [0, 0.1) is 6.92 Å². The molecular weight excluding hydrogens is 330 g/mol. The maximum atomic E-state index is 4.45.